The first-order valence-corrected chi connectivity index (χ1v) is 6.04. The van der Waals surface area contributed by atoms with Gasteiger partial charge in [-0.15, -0.1) is 0 Å². The van der Waals surface area contributed by atoms with Crippen LogP contribution in [0.25, 0.3) is 0 Å². The van der Waals surface area contributed by atoms with Gasteiger partial charge in [0.2, 0.25) is 0 Å². The van der Waals surface area contributed by atoms with Gasteiger partial charge in [-0.25, -0.2) is 4.98 Å². The Kier molecular flexibility index (Phi) is 3.61. The van der Waals surface area contributed by atoms with E-state index in [-0.39, 0.29) is 5.60 Å². The fraction of sp³-hybridized carbons (Fsp3) is 0.750. The molecule has 0 saturated carbocycles. The lowest BCUT2D eigenvalue weighted by Gasteiger charge is -2.21. The van der Waals surface area contributed by atoms with E-state index in [1.165, 1.54) is 6.39 Å². The molecule has 1 N–H and O–H groups in total. The lowest BCUT2D eigenvalue weighted by Crippen LogP contribution is -2.23. The highest BCUT2D eigenvalue weighted by atomic mass is 16.5. The number of aromatic nitrogens is 1. The zero-order valence-electron chi connectivity index (χ0n) is 10.1. The van der Waals surface area contributed by atoms with Crippen LogP contribution in [0.3, 0.4) is 0 Å². The summed E-state index contributed by atoms with van der Waals surface area (Å²) in [5.74, 6) is 0.897. The molecule has 1 aromatic heterocycles. The third kappa shape index (κ3) is 2.28. The molecule has 1 saturated heterocycles. The smallest absolute Gasteiger partial charge is 0.181 e. The molecule has 16 heavy (non-hydrogen) atoms. The van der Waals surface area contributed by atoms with Crippen LogP contribution in [0.5, 0.6) is 0 Å². The molecule has 0 aliphatic carbocycles. The van der Waals surface area contributed by atoms with Gasteiger partial charge in [0, 0.05) is 13.2 Å². The van der Waals surface area contributed by atoms with E-state index >= 15 is 0 Å². The number of rotatable bonds is 5. The van der Waals surface area contributed by atoms with Crippen LogP contribution in [0.15, 0.2) is 10.8 Å². The van der Waals surface area contributed by atoms with Crippen molar-refractivity contribution in [1.29, 1.82) is 0 Å². The van der Waals surface area contributed by atoms with Gasteiger partial charge in [0.05, 0.1) is 5.69 Å². The summed E-state index contributed by atoms with van der Waals surface area (Å²) in [6, 6.07) is 0. The lowest BCUT2D eigenvalue weighted by atomic mass is 9.98. The second kappa shape index (κ2) is 4.97. The molecule has 2 rings (SSSR count). The van der Waals surface area contributed by atoms with Gasteiger partial charge in [-0.05, 0) is 32.7 Å². The summed E-state index contributed by atoms with van der Waals surface area (Å²) in [5, 5.41) is 3.34. The van der Waals surface area contributed by atoms with E-state index in [9.17, 15) is 0 Å². The van der Waals surface area contributed by atoms with Gasteiger partial charge < -0.3 is 14.5 Å². The molecule has 90 valence electrons. The summed E-state index contributed by atoms with van der Waals surface area (Å²) >= 11 is 0. The standard InChI is InChI=1S/C12H20N2O2/c1-3-6-13-8-10-11(15-9-14-10)12(2)5-4-7-16-12/h9,13H,3-8H2,1-2H3. The molecule has 1 aromatic rings. The zero-order chi connectivity index (χ0) is 11.4. The van der Waals surface area contributed by atoms with Gasteiger partial charge >= 0.3 is 0 Å². The quantitative estimate of drug-likeness (QED) is 0.779. The maximum absolute atomic E-state index is 5.77. The average Bonchev–Trinajstić information content (AvgIpc) is 2.88. The molecular weight excluding hydrogens is 204 g/mol. The van der Waals surface area contributed by atoms with Crippen molar-refractivity contribution < 1.29 is 9.15 Å². The van der Waals surface area contributed by atoms with Crippen molar-refractivity contribution in [3.05, 3.63) is 17.8 Å². The van der Waals surface area contributed by atoms with Crippen molar-refractivity contribution in [2.75, 3.05) is 13.2 Å². The molecule has 1 atom stereocenters. The zero-order valence-corrected chi connectivity index (χ0v) is 10.1. The Morgan fingerprint density at radius 3 is 3.12 bits per heavy atom. The Labute approximate surface area is 96.4 Å². The first-order valence-electron chi connectivity index (χ1n) is 6.04. The van der Waals surface area contributed by atoms with Crippen LogP contribution >= 0.6 is 0 Å². The fourth-order valence-electron chi connectivity index (χ4n) is 2.17. The molecule has 1 aliphatic rings. The molecule has 0 spiro atoms. The SMILES string of the molecule is CCCNCc1ncoc1C1(C)CCCO1. The third-order valence-electron chi connectivity index (χ3n) is 3.06. The largest absolute Gasteiger partial charge is 0.445 e. The van der Waals surface area contributed by atoms with Gasteiger partial charge in [0.25, 0.3) is 0 Å². The number of hydrogen-bond acceptors (Lipinski definition) is 4. The molecule has 1 fully saturated rings. The van der Waals surface area contributed by atoms with Gasteiger partial charge in [-0.3, -0.25) is 0 Å². The van der Waals surface area contributed by atoms with Crippen molar-refractivity contribution >= 4 is 0 Å². The normalized spacial score (nSPS) is 25.1. The summed E-state index contributed by atoms with van der Waals surface area (Å²) in [5.41, 5.74) is 0.720. The Bertz CT molecular complexity index is 330. The summed E-state index contributed by atoms with van der Waals surface area (Å²) in [6.07, 6.45) is 4.76. The van der Waals surface area contributed by atoms with Gasteiger partial charge in [-0.2, -0.15) is 0 Å². The molecule has 0 radical (unpaired) electrons. The number of hydrogen-bond donors (Lipinski definition) is 1. The van der Waals surface area contributed by atoms with E-state index < -0.39 is 0 Å². The van der Waals surface area contributed by atoms with Crippen molar-refractivity contribution in [2.45, 2.75) is 45.3 Å². The van der Waals surface area contributed by atoms with E-state index in [0.29, 0.717) is 0 Å². The van der Waals surface area contributed by atoms with E-state index in [2.05, 4.69) is 24.1 Å². The first-order chi connectivity index (χ1) is 7.76. The minimum Gasteiger partial charge on any atom is -0.445 e. The predicted molar refractivity (Wildman–Crippen MR) is 61.0 cm³/mol. The number of nitrogens with zero attached hydrogens (tertiary/aromatic N) is 1. The topological polar surface area (TPSA) is 47.3 Å². The highest BCUT2D eigenvalue weighted by Gasteiger charge is 2.37. The fourth-order valence-corrected chi connectivity index (χ4v) is 2.17. The van der Waals surface area contributed by atoms with E-state index in [0.717, 1.165) is 50.4 Å². The van der Waals surface area contributed by atoms with Crippen molar-refractivity contribution in [3.8, 4) is 0 Å². The van der Waals surface area contributed by atoms with Crippen LogP contribution in [0.4, 0.5) is 0 Å². The van der Waals surface area contributed by atoms with Crippen LogP contribution < -0.4 is 5.32 Å². The van der Waals surface area contributed by atoms with Crippen molar-refractivity contribution in [1.82, 2.24) is 10.3 Å². The molecule has 0 amide bonds. The summed E-state index contributed by atoms with van der Waals surface area (Å²) in [4.78, 5) is 4.27. The number of ether oxygens (including phenoxy) is 1. The average molecular weight is 224 g/mol. The maximum atomic E-state index is 5.77. The Balaban J connectivity index is 2.06. The van der Waals surface area contributed by atoms with E-state index in [4.69, 9.17) is 9.15 Å². The van der Waals surface area contributed by atoms with Gasteiger partial charge in [-0.1, -0.05) is 6.92 Å². The molecule has 2 heterocycles. The van der Waals surface area contributed by atoms with Crippen molar-refractivity contribution in [2.24, 2.45) is 0 Å². The molecule has 4 heteroatoms. The van der Waals surface area contributed by atoms with Crippen LogP contribution in [0.2, 0.25) is 0 Å². The second-order valence-electron chi connectivity index (χ2n) is 4.49. The van der Waals surface area contributed by atoms with Crippen LogP contribution in [0.1, 0.15) is 44.6 Å². The van der Waals surface area contributed by atoms with Gasteiger partial charge in [0.15, 0.2) is 12.2 Å². The maximum Gasteiger partial charge on any atom is 0.181 e. The lowest BCUT2D eigenvalue weighted by molar-refractivity contribution is -0.00183. The third-order valence-corrected chi connectivity index (χ3v) is 3.06. The summed E-state index contributed by atoms with van der Waals surface area (Å²) < 4.78 is 11.3. The molecular formula is C12H20N2O2. The second-order valence-corrected chi connectivity index (χ2v) is 4.49. The predicted octanol–water partition coefficient (Wildman–Crippen LogP) is 2.20. The highest BCUT2D eigenvalue weighted by Crippen LogP contribution is 2.37. The summed E-state index contributed by atoms with van der Waals surface area (Å²) in [6.45, 7) is 6.82. The van der Waals surface area contributed by atoms with Crippen molar-refractivity contribution in [3.63, 3.8) is 0 Å². The molecule has 0 aromatic carbocycles. The Morgan fingerprint density at radius 2 is 2.44 bits per heavy atom. The molecule has 0 bridgehead atoms. The van der Waals surface area contributed by atoms with E-state index in [1.807, 2.05) is 0 Å². The first kappa shape index (κ1) is 11.6. The molecule has 1 aliphatic heterocycles. The Hall–Kier alpha value is -0.870. The van der Waals surface area contributed by atoms with Crippen LogP contribution in [-0.2, 0) is 16.9 Å². The van der Waals surface area contributed by atoms with E-state index in [1.54, 1.807) is 0 Å². The van der Waals surface area contributed by atoms with Gasteiger partial charge in [0.1, 0.15) is 5.60 Å². The number of nitrogens with one attached hydrogen (secondary N) is 1. The minimum atomic E-state index is -0.264. The van der Waals surface area contributed by atoms with Crippen LogP contribution in [0, 0.1) is 0 Å². The summed E-state index contributed by atoms with van der Waals surface area (Å²) in [7, 11) is 0. The minimum absolute atomic E-state index is 0.264. The number of oxazole rings is 1. The monoisotopic (exact) mass is 224 g/mol. The Morgan fingerprint density at radius 1 is 1.56 bits per heavy atom. The van der Waals surface area contributed by atoms with Crippen LogP contribution in [-0.4, -0.2) is 18.1 Å². The molecule has 1 unspecified atom stereocenters. The molecule has 4 nitrogen and oxygen atoms in total. The highest BCUT2D eigenvalue weighted by molar-refractivity contribution is 5.16.